The standard InChI is InChI=1S/C9H9ClN2O/c10-4-5-13-8-3-1-2-7-9(8)12-6-11-7/h1-3,6H,4-5H2,(H,11,12). The number of halogens is 1. The van der Waals surface area contributed by atoms with Gasteiger partial charge in [-0.2, -0.15) is 0 Å². The van der Waals surface area contributed by atoms with E-state index in [2.05, 4.69) is 9.97 Å². The predicted octanol–water partition coefficient (Wildman–Crippen LogP) is 2.18. The first-order valence-electron chi connectivity index (χ1n) is 4.02. The number of alkyl halides is 1. The lowest BCUT2D eigenvalue weighted by Gasteiger charge is -2.03. The number of hydrogen-bond acceptors (Lipinski definition) is 2. The van der Waals surface area contributed by atoms with Gasteiger partial charge in [0.05, 0.1) is 17.7 Å². The summed E-state index contributed by atoms with van der Waals surface area (Å²) in [7, 11) is 0. The molecule has 0 bridgehead atoms. The summed E-state index contributed by atoms with van der Waals surface area (Å²) in [5.41, 5.74) is 1.83. The van der Waals surface area contributed by atoms with Crippen molar-refractivity contribution in [1.29, 1.82) is 0 Å². The van der Waals surface area contributed by atoms with E-state index in [1.165, 1.54) is 0 Å². The van der Waals surface area contributed by atoms with Crippen LogP contribution in [-0.2, 0) is 0 Å². The monoisotopic (exact) mass is 196 g/mol. The third-order valence-electron chi connectivity index (χ3n) is 1.75. The van der Waals surface area contributed by atoms with Crippen LogP contribution in [0.2, 0.25) is 0 Å². The van der Waals surface area contributed by atoms with Crippen molar-refractivity contribution in [2.75, 3.05) is 12.5 Å². The van der Waals surface area contributed by atoms with E-state index in [4.69, 9.17) is 16.3 Å². The van der Waals surface area contributed by atoms with Crippen LogP contribution in [0.3, 0.4) is 0 Å². The number of H-pyrrole nitrogens is 1. The molecule has 0 amide bonds. The fourth-order valence-electron chi connectivity index (χ4n) is 1.20. The minimum absolute atomic E-state index is 0.487. The molecular weight excluding hydrogens is 188 g/mol. The van der Waals surface area contributed by atoms with Gasteiger partial charge in [-0.3, -0.25) is 0 Å². The lowest BCUT2D eigenvalue weighted by molar-refractivity contribution is 0.346. The Bertz CT molecular complexity index is 399. The van der Waals surface area contributed by atoms with Crippen molar-refractivity contribution in [3.05, 3.63) is 24.5 Å². The summed E-state index contributed by atoms with van der Waals surface area (Å²) in [6, 6.07) is 5.76. The van der Waals surface area contributed by atoms with Crippen molar-refractivity contribution in [2.45, 2.75) is 0 Å². The van der Waals surface area contributed by atoms with Gasteiger partial charge >= 0.3 is 0 Å². The van der Waals surface area contributed by atoms with E-state index in [1.807, 2.05) is 18.2 Å². The number of benzene rings is 1. The Labute approximate surface area is 80.7 Å². The van der Waals surface area contributed by atoms with Crippen LogP contribution in [0.1, 0.15) is 0 Å². The zero-order valence-electron chi connectivity index (χ0n) is 6.96. The number of aromatic nitrogens is 2. The summed E-state index contributed by atoms with van der Waals surface area (Å²) in [4.78, 5) is 7.16. The second-order valence-electron chi connectivity index (χ2n) is 2.59. The maximum atomic E-state index is 5.52. The zero-order valence-corrected chi connectivity index (χ0v) is 7.71. The molecule has 0 unspecified atom stereocenters. The fraction of sp³-hybridized carbons (Fsp3) is 0.222. The summed E-state index contributed by atoms with van der Waals surface area (Å²) in [6.07, 6.45) is 1.65. The van der Waals surface area contributed by atoms with E-state index < -0.39 is 0 Å². The minimum atomic E-state index is 0.487. The van der Waals surface area contributed by atoms with E-state index in [9.17, 15) is 0 Å². The Morgan fingerprint density at radius 2 is 2.38 bits per heavy atom. The molecule has 1 N–H and O–H groups in total. The summed E-state index contributed by atoms with van der Waals surface area (Å²) in [5.74, 6) is 1.26. The average molecular weight is 197 g/mol. The molecule has 0 aliphatic rings. The first kappa shape index (κ1) is 8.38. The van der Waals surface area contributed by atoms with Gasteiger partial charge in [0.1, 0.15) is 17.9 Å². The van der Waals surface area contributed by atoms with Gasteiger partial charge in [-0.15, -0.1) is 11.6 Å². The maximum absolute atomic E-state index is 5.52. The molecule has 1 heterocycles. The van der Waals surface area contributed by atoms with Crippen molar-refractivity contribution in [3.63, 3.8) is 0 Å². The average Bonchev–Trinajstić information content (AvgIpc) is 2.62. The Hall–Kier alpha value is -1.22. The Kier molecular flexibility index (Phi) is 2.36. The second-order valence-corrected chi connectivity index (χ2v) is 2.97. The van der Waals surface area contributed by atoms with Crippen LogP contribution in [0.15, 0.2) is 24.5 Å². The molecule has 0 spiro atoms. The molecule has 2 aromatic rings. The zero-order chi connectivity index (χ0) is 9.10. The Balaban J connectivity index is 2.37. The number of nitrogens with one attached hydrogen (secondary N) is 1. The normalized spacial score (nSPS) is 10.5. The predicted molar refractivity (Wildman–Crippen MR) is 52.3 cm³/mol. The lowest BCUT2D eigenvalue weighted by Crippen LogP contribution is -1.98. The molecule has 2 rings (SSSR count). The second kappa shape index (κ2) is 3.66. The summed E-state index contributed by atoms with van der Waals surface area (Å²) in [6.45, 7) is 0.507. The highest BCUT2D eigenvalue weighted by atomic mass is 35.5. The van der Waals surface area contributed by atoms with Gasteiger partial charge < -0.3 is 9.72 Å². The van der Waals surface area contributed by atoms with Crippen molar-refractivity contribution in [2.24, 2.45) is 0 Å². The minimum Gasteiger partial charge on any atom is -0.490 e. The van der Waals surface area contributed by atoms with Gasteiger partial charge in [-0.05, 0) is 12.1 Å². The van der Waals surface area contributed by atoms with Crippen molar-refractivity contribution >= 4 is 22.6 Å². The first-order chi connectivity index (χ1) is 6.42. The smallest absolute Gasteiger partial charge is 0.147 e. The van der Waals surface area contributed by atoms with Crippen LogP contribution in [-0.4, -0.2) is 22.5 Å². The maximum Gasteiger partial charge on any atom is 0.147 e. The van der Waals surface area contributed by atoms with Crippen LogP contribution >= 0.6 is 11.6 Å². The molecule has 0 aliphatic heterocycles. The van der Waals surface area contributed by atoms with E-state index in [1.54, 1.807) is 6.33 Å². The van der Waals surface area contributed by atoms with Gasteiger partial charge in [-0.1, -0.05) is 6.07 Å². The van der Waals surface area contributed by atoms with Crippen molar-refractivity contribution < 1.29 is 4.74 Å². The molecule has 0 radical (unpaired) electrons. The summed E-state index contributed by atoms with van der Waals surface area (Å²) < 4.78 is 5.41. The molecule has 0 fully saturated rings. The van der Waals surface area contributed by atoms with Gasteiger partial charge in [0, 0.05) is 0 Å². The Morgan fingerprint density at radius 1 is 1.46 bits per heavy atom. The molecular formula is C9H9ClN2O. The van der Waals surface area contributed by atoms with Crippen molar-refractivity contribution in [1.82, 2.24) is 9.97 Å². The SMILES string of the molecule is ClCCOc1cccc2[nH]cnc12. The van der Waals surface area contributed by atoms with Crippen LogP contribution in [0.25, 0.3) is 11.0 Å². The fourth-order valence-corrected chi connectivity index (χ4v) is 1.28. The summed E-state index contributed by atoms with van der Waals surface area (Å²) in [5, 5.41) is 0. The van der Waals surface area contributed by atoms with Crippen LogP contribution in [0, 0.1) is 0 Å². The van der Waals surface area contributed by atoms with Crippen LogP contribution in [0.5, 0.6) is 5.75 Å². The molecule has 1 aromatic carbocycles. The number of aromatic amines is 1. The molecule has 0 aliphatic carbocycles. The van der Waals surface area contributed by atoms with Gasteiger partial charge in [-0.25, -0.2) is 4.98 Å². The molecule has 0 saturated heterocycles. The highest BCUT2D eigenvalue weighted by molar-refractivity contribution is 6.18. The number of para-hydroxylation sites is 1. The molecule has 4 heteroatoms. The van der Waals surface area contributed by atoms with E-state index in [0.29, 0.717) is 12.5 Å². The van der Waals surface area contributed by atoms with E-state index in [0.717, 1.165) is 16.8 Å². The number of nitrogens with zero attached hydrogens (tertiary/aromatic N) is 1. The largest absolute Gasteiger partial charge is 0.490 e. The first-order valence-corrected chi connectivity index (χ1v) is 4.56. The van der Waals surface area contributed by atoms with Crippen LogP contribution < -0.4 is 4.74 Å². The number of hydrogen-bond donors (Lipinski definition) is 1. The highest BCUT2D eigenvalue weighted by Gasteiger charge is 2.02. The molecule has 0 saturated carbocycles. The number of rotatable bonds is 3. The lowest BCUT2D eigenvalue weighted by atomic mass is 10.3. The quantitative estimate of drug-likeness (QED) is 0.765. The molecule has 13 heavy (non-hydrogen) atoms. The van der Waals surface area contributed by atoms with Gasteiger partial charge in [0.15, 0.2) is 0 Å². The van der Waals surface area contributed by atoms with Gasteiger partial charge in [0.2, 0.25) is 0 Å². The number of ether oxygens (including phenoxy) is 1. The topological polar surface area (TPSA) is 37.9 Å². The highest BCUT2D eigenvalue weighted by Crippen LogP contribution is 2.21. The van der Waals surface area contributed by atoms with E-state index in [-0.39, 0.29) is 0 Å². The molecule has 1 aromatic heterocycles. The van der Waals surface area contributed by atoms with E-state index >= 15 is 0 Å². The van der Waals surface area contributed by atoms with Gasteiger partial charge in [0.25, 0.3) is 0 Å². The molecule has 68 valence electrons. The van der Waals surface area contributed by atoms with Crippen molar-refractivity contribution in [3.8, 4) is 5.75 Å². The third kappa shape index (κ3) is 1.60. The number of fused-ring (bicyclic) bond motifs is 1. The molecule has 3 nitrogen and oxygen atoms in total. The number of imidazole rings is 1. The summed E-state index contributed by atoms with van der Waals surface area (Å²) >= 11 is 5.52. The molecule has 0 atom stereocenters. The Morgan fingerprint density at radius 3 is 3.23 bits per heavy atom. The van der Waals surface area contributed by atoms with Crippen LogP contribution in [0.4, 0.5) is 0 Å². The third-order valence-corrected chi connectivity index (χ3v) is 1.90.